The topological polar surface area (TPSA) is 59.8 Å². The van der Waals surface area contributed by atoms with Crippen LogP contribution in [0.1, 0.15) is 5.56 Å². The Morgan fingerprint density at radius 3 is 2.50 bits per heavy atom. The standard InChI is InChI=1S/C19H20BrN3O3/c1-25-18-6-12(23-17-5-3-4-16(20)14(17)8-21-23)7-19(26-2)15(18)11-22-9-13(24)10-22/h3-8,13,24H,9-11H2,1-2H3. The van der Waals surface area contributed by atoms with Crippen molar-refractivity contribution in [3.63, 3.8) is 0 Å². The third-order valence-corrected chi connectivity index (χ3v) is 5.41. The van der Waals surface area contributed by atoms with Crippen molar-refractivity contribution in [1.29, 1.82) is 0 Å². The lowest BCUT2D eigenvalue weighted by molar-refractivity contribution is -0.00358. The van der Waals surface area contributed by atoms with E-state index in [4.69, 9.17) is 9.47 Å². The normalized spacial score (nSPS) is 15.2. The fourth-order valence-electron chi connectivity index (χ4n) is 3.37. The van der Waals surface area contributed by atoms with Crippen molar-refractivity contribution in [2.24, 2.45) is 0 Å². The number of nitrogens with zero attached hydrogens (tertiary/aromatic N) is 3. The summed E-state index contributed by atoms with van der Waals surface area (Å²) in [7, 11) is 3.32. The Kier molecular flexibility index (Phi) is 4.60. The lowest BCUT2D eigenvalue weighted by atomic mass is 10.1. The number of ether oxygens (including phenoxy) is 2. The molecule has 0 aliphatic carbocycles. The maximum Gasteiger partial charge on any atom is 0.129 e. The number of likely N-dealkylation sites (tertiary alicyclic amines) is 1. The van der Waals surface area contributed by atoms with Gasteiger partial charge in [0, 0.05) is 41.6 Å². The molecule has 136 valence electrons. The summed E-state index contributed by atoms with van der Waals surface area (Å²) in [5.74, 6) is 1.50. The molecule has 1 saturated heterocycles. The van der Waals surface area contributed by atoms with Gasteiger partial charge in [-0.2, -0.15) is 5.10 Å². The van der Waals surface area contributed by atoms with E-state index in [1.54, 1.807) is 14.2 Å². The van der Waals surface area contributed by atoms with Gasteiger partial charge in [-0.3, -0.25) is 4.90 Å². The lowest BCUT2D eigenvalue weighted by Gasteiger charge is -2.36. The second kappa shape index (κ2) is 6.90. The Morgan fingerprint density at radius 1 is 1.19 bits per heavy atom. The molecular weight excluding hydrogens is 398 g/mol. The van der Waals surface area contributed by atoms with Gasteiger partial charge in [0.15, 0.2) is 0 Å². The highest BCUT2D eigenvalue weighted by Crippen LogP contribution is 2.35. The van der Waals surface area contributed by atoms with Crippen LogP contribution in [0.25, 0.3) is 16.6 Å². The molecule has 7 heteroatoms. The molecule has 1 aliphatic heterocycles. The van der Waals surface area contributed by atoms with Crippen LogP contribution in [-0.2, 0) is 6.54 Å². The lowest BCUT2D eigenvalue weighted by Crippen LogP contribution is -2.49. The van der Waals surface area contributed by atoms with Gasteiger partial charge >= 0.3 is 0 Å². The largest absolute Gasteiger partial charge is 0.496 e. The van der Waals surface area contributed by atoms with E-state index in [9.17, 15) is 5.11 Å². The van der Waals surface area contributed by atoms with Crippen molar-refractivity contribution in [2.45, 2.75) is 12.6 Å². The van der Waals surface area contributed by atoms with Crippen LogP contribution in [0.4, 0.5) is 0 Å². The van der Waals surface area contributed by atoms with Crippen LogP contribution >= 0.6 is 15.9 Å². The molecule has 0 saturated carbocycles. The number of hydrogen-bond donors (Lipinski definition) is 1. The number of halogens is 1. The molecule has 6 nitrogen and oxygen atoms in total. The zero-order valence-corrected chi connectivity index (χ0v) is 16.2. The molecule has 1 aromatic heterocycles. The molecule has 0 amide bonds. The van der Waals surface area contributed by atoms with Gasteiger partial charge in [-0.15, -0.1) is 0 Å². The second-order valence-corrected chi connectivity index (χ2v) is 7.26. The van der Waals surface area contributed by atoms with E-state index in [1.807, 2.05) is 41.2 Å². The highest BCUT2D eigenvalue weighted by molar-refractivity contribution is 9.10. The van der Waals surface area contributed by atoms with E-state index in [1.165, 1.54) is 0 Å². The van der Waals surface area contributed by atoms with Gasteiger partial charge in [0.25, 0.3) is 0 Å². The summed E-state index contributed by atoms with van der Waals surface area (Å²) in [5.41, 5.74) is 2.85. The Bertz CT molecular complexity index is 925. The first-order valence-corrected chi connectivity index (χ1v) is 9.18. The number of aliphatic hydroxyl groups is 1. The van der Waals surface area contributed by atoms with E-state index in [2.05, 4.69) is 25.9 Å². The van der Waals surface area contributed by atoms with E-state index in [0.717, 1.165) is 38.1 Å². The highest BCUT2D eigenvalue weighted by Gasteiger charge is 2.27. The fraction of sp³-hybridized carbons (Fsp3) is 0.316. The Hall–Kier alpha value is -2.09. The van der Waals surface area contributed by atoms with E-state index in [-0.39, 0.29) is 6.10 Å². The summed E-state index contributed by atoms with van der Waals surface area (Å²) in [6.07, 6.45) is 1.61. The molecule has 2 heterocycles. The molecule has 1 aliphatic rings. The van der Waals surface area contributed by atoms with Crippen molar-refractivity contribution < 1.29 is 14.6 Å². The van der Waals surface area contributed by atoms with Crippen LogP contribution in [0.2, 0.25) is 0 Å². The number of aromatic nitrogens is 2. The molecule has 2 aromatic carbocycles. The number of fused-ring (bicyclic) bond motifs is 1. The number of rotatable bonds is 5. The van der Waals surface area contributed by atoms with Gasteiger partial charge in [-0.1, -0.05) is 22.0 Å². The van der Waals surface area contributed by atoms with Crippen LogP contribution in [0.5, 0.6) is 11.5 Å². The van der Waals surface area contributed by atoms with Crippen LogP contribution in [0, 0.1) is 0 Å². The SMILES string of the molecule is COc1cc(-n2ncc3c(Br)cccc32)cc(OC)c1CN1CC(O)C1. The van der Waals surface area contributed by atoms with E-state index in [0.29, 0.717) is 19.6 Å². The quantitative estimate of drug-likeness (QED) is 0.691. The third kappa shape index (κ3) is 2.96. The van der Waals surface area contributed by atoms with Gasteiger partial charge in [0.2, 0.25) is 0 Å². The monoisotopic (exact) mass is 417 g/mol. The van der Waals surface area contributed by atoms with Gasteiger partial charge in [-0.25, -0.2) is 4.68 Å². The predicted molar refractivity (Wildman–Crippen MR) is 103 cm³/mol. The summed E-state index contributed by atoms with van der Waals surface area (Å²) in [6.45, 7) is 2.02. The van der Waals surface area contributed by atoms with Crippen molar-refractivity contribution in [2.75, 3.05) is 27.3 Å². The second-order valence-electron chi connectivity index (χ2n) is 6.41. The molecule has 0 radical (unpaired) electrons. The van der Waals surface area contributed by atoms with Gasteiger partial charge in [0.1, 0.15) is 11.5 Å². The zero-order chi connectivity index (χ0) is 18.3. The molecule has 0 bridgehead atoms. The minimum Gasteiger partial charge on any atom is -0.496 e. The number of methoxy groups -OCH3 is 2. The summed E-state index contributed by atoms with van der Waals surface area (Å²) in [6, 6.07) is 9.97. The Morgan fingerprint density at radius 2 is 1.88 bits per heavy atom. The fourth-order valence-corrected chi connectivity index (χ4v) is 3.82. The maximum atomic E-state index is 9.52. The predicted octanol–water partition coefficient (Wildman–Crippen LogP) is 2.98. The first-order chi connectivity index (χ1) is 12.6. The summed E-state index contributed by atoms with van der Waals surface area (Å²) < 4.78 is 14.2. The number of aliphatic hydroxyl groups excluding tert-OH is 1. The average Bonchev–Trinajstić information content (AvgIpc) is 3.05. The van der Waals surface area contributed by atoms with E-state index < -0.39 is 0 Å². The first-order valence-electron chi connectivity index (χ1n) is 8.38. The molecule has 4 rings (SSSR count). The zero-order valence-electron chi connectivity index (χ0n) is 14.6. The number of hydrogen-bond acceptors (Lipinski definition) is 5. The van der Waals surface area contributed by atoms with Crippen molar-refractivity contribution in [3.8, 4) is 17.2 Å². The average molecular weight is 418 g/mol. The molecular formula is C19H20BrN3O3. The summed E-state index contributed by atoms with van der Waals surface area (Å²) in [5, 5.41) is 15.1. The first kappa shape index (κ1) is 17.3. The molecule has 0 atom stereocenters. The minimum absolute atomic E-state index is 0.236. The molecule has 26 heavy (non-hydrogen) atoms. The van der Waals surface area contributed by atoms with Gasteiger partial charge in [-0.05, 0) is 12.1 Å². The van der Waals surface area contributed by atoms with Crippen LogP contribution in [-0.4, -0.2) is 53.2 Å². The van der Waals surface area contributed by atoms with Gasteiger partial charge in [0.05, 0.1) is 43.3 Å². The molecule has 0 unspecified atom stereocenters. The van der Waals surface area contributed by atoms with Crippen molar-refractivity contribution >= 4 is 26.8 Å². The van der Waals surface area contributed by atoms with Crippen LogP contribution in [0.3, 0.4) is 0 Å². The van der Waals surface area contributed by atoms with Crippen LogP contribution < -0.4 is 9.47 Å². The summed E-state index contributed by atoms with van der Waals surface area (Å²) in [4.78, 5) is 2.16. The van der Waals surface area contributed by atoms with Gasteiger partial charge < -0.3 is 14.6 Å². The Labute approximate surface area is 160 Å². The van der Waals surface area contributed by atoms with Crippen LogP contribution in [0.15, 0.2) is 41.0 Å². The van der Waals surface area contributed by atoms with E-state index >= 15 is 0 Å². The number of benzene rings is 2. The minimum atomic E-state index is -0.236. The summed E-state index contributed by atoms with van der Waals surface area (Å²) >= 11 is 3.57. The molecule has 1 fully saturated rings. The van der Waals surface area contributed by atoms with Crippen molar-refractivity contribution in [1.82, 2.24) is 14.7 Å². The molecule has 0 spiro atoms. The molecule has 1 N–H and O–H groups in total. The molecule has 3 aromatic rings. The smallest absolute Gasteiger partial charge is 0.129 e. The number of β-amino-alcohol motifs (C(OH)–C–C–N with tert-alkyl or cyclic N) is 1. The van der Waals surface area contributed by atoms with Crippen molar-refractivity contribution in [3.05, 3.63) is 46.6 Å². The maximum absolute atomic E-state index is 9.52. The third-order valence-electron chi connectivity index (χ3n) is 4.72. The highest BCUT2D eigenvalue weighted by atomic mass is 79.9. The Balaban J connectivity index is 1.78.